The molecule has 2 heterocycles. The third-order valence-corrected chi connectivity index (χ3v) is 5.39. The van der Waals surface area contributed by atoms with Crippen LogP contribution in [-0.2, 0) is 29.0 Å². The predicted molar refractivity (Wildman–Crippen MR) is 112 cm³/mol. The van der Waals surface area contributed by atoms with Gasteiger partial charge in [-0.1, -0.05) is 12.1 Å². The number of aryl methyl sites for hydroxylation is 1. The molecule has 1 amide bonds. The summed E-state index contributed by atoms with van der Waals surface area (Å²) in [6.45, 7) is 0.421. The first-order valence-corrected chi connectivity index (χ1v) is 9.97. The van der Waals surface area contributed by atoms with Crippen LogP contribution in [0, 0.1) is 11.7 Å². The Morgan fingerprint density at radius 3 is 2.74 bits per heavy atom. The van der Waals surface area contributed by atoms with Gasteiger partial charge in [-0.05, 0) is 54.8 Å². The number of hydrogen-bond donors (Lipinski definition) is 3. The Morgan fingerprint density at radius 1 is 1.23 bits per heavy atom. The molecule has 1 aliphatic heterocycles. The minimum absolute atomic E-state index is 0.135. The fourth-order valence-electron chi connectivity index (χ4n) is 3.72. The molecule has 1 unspecified atom stereocenters. The molecule has 8 nitrogen and oxygen atoms in total. The zero-order chi connectivity index (χ0) is 22.0. The van der Waals surface area contributed by atoms with Gasteiger partial charge in [-0.15, -0.1) is 10.2 Å². The Bertz CT molecular complexity index is 1110. The van der Waals surface area contributed by atoms with Crippen molar-refractivity contribution in [3.63, 3.8) is 0 Å². The highest BCUT2D eigenvalue weighted by Crippen LogP contribution is 2.27. The van der Waals surface area contributed by atoms with Gasteiger partial charge in [0, 0.05) is 24.2 Å². The smallest absolute Gasteiger partial charge is 0.320 e. The van der Waals surface area contributed by atoms with Crippen molar-refractivity contribution in [1.82, 2.24) is 14.8 Å². The number of carbonyl (C=O) groups excluding carboxylic acids is 1. The number of amides is 1. The molecule has 0 spiro atoms. The van der Waals surface area contributed by atoms with E-state index in [0.29, 0.717) is 30.9 Å². The van der Waals surface area contributed by atoms with Gasteiger partial charge in [-0.2, -0.15) is 0 Å². The predicted octanol–water partition coefficient (Wildman–Crippen LogP) is 2.24. The normalized spacial score (nSPS) is 16.4. The number of rotatable bonds is 6. The van der Waals surface area contributed by atoms with E-state index in [4.69, 9.17) is 10.8 Å². The Balaban J connectivity index is 1.47. The van der Waals surface area contributed by atoms with Crippen LogP contribution < -0.4 is 11.1 Å². The molecular formula is C22H22FN5O3. The van der Waals surface area contributed by atoms with Gasteiger partial charge in [-0.3, -0.25) is 9.59 Å². The van der Waals surface area contributed by atoms with Crippen molar-refractivity contribution < 1.29 is 19.1 Å². The minimum Gasteiger partial charge on any atom is -0.480 e. The molecule has 0 bridgehead atoms. The summed E-state index contributed by atoms with van der Waals surface area (Å²) >= 11 is 0. The second-order valence-electron chi connectivity index (χ2n) is 7.63. The maximum atomic E-state index is 13.2. The number of nitrogens with two attached hydrogens (primary N) is 1. The van der Waals surface area contributed by atoms with Crippen LogP contribution in [0.25, 0.3) is 11.4 Å². The zero-order valence-electron chi connectivity index (χ0n) is 16.7. The SMILES string of the molecule is N[C@@H](Cc1cccc(NC(=O)C2CCc3nnc(-c4ccc(F)cc4)n3C2)c1)C(=O)O. The summed E-state index contributed by atoms with van der Waals surface area (Å²) in [7, 11) is 0. The summed E-state index contributed by atoms with van der Waals surface area (Å²) in [5, 5.41) is 20.3. The molecular weight excluding hydrogens is 401 g/mol. The first-order chi connectivity index (χ1) is 14.9. The molecule has 1 aromatic heterocycles. The van der Waals surface area contributed by atoms with Crippen LogP contribution in [0.2, 0.25) is 0 Å². The maximum Gasteiger partial charge on any atom is 0.320 e. The van der Waals surface area contributed by atoms with Gasteiger partial charge in [0.05, 0.1) is 5.92 Å². The molecule has 0 aliphatic carbocycles. The molecule has 0 radical (unpaired) electrons. The second kappa shape index (κ2) is 8.65. The summed E-state index contributed by atoms with van der Waals surface area (Å²) in [6, 6.07) is 12.0. The van der Waals surface area contributed by atoms with E-state index in [2.05, 4.69) is 15.5 Å². The molecule has 4 N–H and O–H groups in total. The number of aliphatic carboxylic acids is 1. The molecule has 31 heavy (non-hydrogen) atoms. The highest BCUT2D eigenvalue weighted by Gasteiger charge is 2.28. The zero-order valence-corrected chi connectivity index (χ0v) is 16.7. The van der Waals surface area contributed by atoms with Crippen molar-refractivity contribution in [3.8, 4) is 11.4 Å². The number of carboxylic acid groups (broad SMARTS) is 1. The summed E-state index contributed by atoms with van der Waals surface area (Å²) in [6.07, 6.45) is 1.42. The summed E-state index contributed by atoms with van der Waals surface area (Å²) < 4.78 is 15.2. The first kappa shape index (κ1) is 20.7. The fourth-order valence-corrected chi connectivity index (χ4v) is 3.72. The number of halogens is 1. The van der Waals surface area contributed by atoms with E-state index in [9.17, 15) is 14.0 Å². The minimum atomic E-state index is -1.07. The van der Waals surface area contributed by atoms with Crippen LogP contribution in [0.4, 0.5) is 10.1 Å². The number of nitrogens with zero attached hydrogens (tertiary/aromatic N) is 3. The lowest BCUT2D eigenvalue weighted by Gasteiger charge is -2.24. The van der Waals surface area contributed by atoms with Crippen LogP contribution in [0.5, 0.6) is 0 Å². The van der Waals surface area contributed by atoms with Gasteiger partial charge in [0.2, 0.25) is 5.91 Å². The standard InChI is InChI=1S/C22H22FN5O3/c23-16-7-4-14(5-8-16)20-27-26-19-9-6-15(12-28(19)20)21(29)25-17-3-1-2-13(10-17)11-18(24)22(30)31/h1-5,7-8,10,15,18H,6,9,11-12,24H2,(H,25,29)(H,30,31)/t15?,18-/m0/s1. The number of nitrogens with one attached hydrogen (secondary N) is 1. The molecule has 2 atom stereocenters. The van der Waals surface area contributed by atoms with Gasteiger partial charge in [-0.25, -0.2) is 4.39 Å². The Labute approximate surface area is 177 Å². The average Bonchev–Trinajstić information content (AvgIpc) is 3.17. The Morgan fingerprint density at radius 2 is 2.00 bits per heavy atom. The molecule has 4 rings (SSSR count). The van der Waals surface area contributed by atoms with Gasteiger partial charge in [0.15, 0.2) is 5.82 Å². The van der Waals surface area contributed by atoms with Crippen LogP contribution >= 0.6 is 0 Å². The van der Waals surface area contributed by atoms with Crippen LogP contribution in [0.15, 0.2) is 48.5 Å². The lowest BCUT2D eigenvalue weighted by molar-refractivity contribution is -0.138. The molecule has 0 fully saturated rings. The van der Waals surface area contributed by atoms with Gasteiger partial charge < -0.3 is 20.7 Å². The van der Waals surface area contributed by atoms with Gasteiger partial charge >= 0.3 is 5.97 Å². The maximum absolute atomic E-state index is 13.2. The molecule has 1 aliphatic rings. The van der Waals surface area contributed by atoms with Crippen LogP contribution in [0.3, 0.4) is 0 Å². The fraction of sp³-hybridized carbons (Fsp3) is 0.273. The van der Waals surface area contributed by atoms with E-state index in [0.717, 1.165) is 17.0 Å². The third-order valence-electron chi connectivity index (χ3n) is 5.39. The van der Waals surface area contributed by atoms with Crippen molar-refractivity contribution in [1.29, 1.82) is 0 Å². The number of carbonyl (C=O) groups is 2. The van der Waals surface area contributed by atoms with Crippen LogP contribution in [0.1, 0.15) is 17.8 Å². The van der Waals surface area contributed by atoms with Crippen molar-refractivity contribution in [2.24, 2.45) is 11.7 Å². The van der Waals surface area contributed by atoms with Crippen molar-refractivity contribution in [2.45, 2.75) is 31.8 Å². The van der Waals surface area contributed by atoms with E-state index in [1.165, 1.54) is 12.1 Å². The topological polar surface area (TPSA) is 123 Å². The van der Waals surface area contributed by atoms with Crippen LogP contribution in [-0.4, -0.2) is 37.8 Å². The molecule has 160 valence electrons. The lowest BCUT2D eigenvalue weighted by atomic mass is 9.97. The molecule has 2 aromatic carbocycles. The van der Waals surface area contributed by atoms with Crippen molar-refractivity contribution in [2.75, 3.05) is 5.32 Å². The second-order valence-corrected chi connectivity index (χ2v) is 7.63. The van der Waals surface area contributed by atoms with Crippen molar-refractivity contribution in [3.05, 3.63) is 65.7 Å². The number of carboxylic acids is 1. The van der Waals surface area contributed by atoms with E-state index in [1.807, 2.05) is 4.57 Å². The summed E-state index contributed by atoms with van der Waals surface area (Å²) in [4.78, 5) is 23.9. The average molecular weight is 423 g/mol. The summed E-state index contributed by atoms with van der Waals surface area (Å²) in [5.41, 5.74) is 7.66. The largest absolute Gasteiger partial charge is 0.480 e. The number of fused-ring (bicyclic) bond motifs is 1. The number of hydrogen-bond acceptors (Lipinski definition) is 5. The van der Waals surface area contributed by atoms with Gasteiger partial charge in [0.1, 0.15) is 17.7 Å². The molecule has 9 heteroatoms. The Hall–Kier alpha value is -3.59. The van der Waals surface area contributed by atoms with E-state index in [-0.39, 0.29) is 24.1 Å². The van der Waals surface area contributed by atoms with E-state index in [1.54, 1.807) is 36.4 Å². The monoisotopic (exact) mass is 423 g/mol. The van der Waals surface area contributed by atoms with Gasteiger partial charge in [0.25, 0.3) is 0 Å². The molecule has 0 saturated carbocycles. The van der Waals surface area contributed by atoms with E-state index < -0.39 is 12.0 Å². The lowest BCUT2D eigenvalue weighted by Crippen LogP contribution is -2.32. The molecule has 3 aromatic rings. The highest BCUT2D eigenvalue weighted by molar-refractivity contribution is 5.92. The van der Waals surface area contributed by atoms with E-state index >= 15 is 0 Å². The number of anilines is 1. The van der Waals surface area contributed by atoms with Crippen molar-refractivity contribution >= 4 is 17.6 Å². The first-order valence-electron chi connectivity index (χ1n) is 9.97. The molecule has 0 saturated heterocycles. The quantitative estimate of drug-likeness (QED) is 0.559. The number of aromatic nitrogens is 3. The third kappa shape index (κ3) is 4.61. The Kier molecular flexibility index (Phi) is 5.77. The number of benzene rings is 2. The summed E-state index contributed by atoms with van der Waals surface area (Å²) in [5.74, 6) is -0.411. The highest BCUT2D eigenvalue weighted by atomic mass is 19.1.